The molecule has 0 amide bonds. The molecule has 100 valence electrons. The zero-order chi connectivity index (χ0) is 14.0. The van der Waals surface area contributed by atoms with Crippen LogP contribution in [0.4, 0.5) is 5.69 Å². The van der Waals surface area contributed by atoms with E-state index < -0.39 is 0 Å². The molecule has 0 aliphatic heterocycles. The Hall–Kier alpha value is -1.95. The topological polar surface area (TPSA) is 77.0 Å². The van der Waals surface area contributed by atoms with Crippen molar-refractivity contribution in [2.24, 2.45) is 5.73 Å². The van der Waals surface area contributed by atoms with Gasteiger partial charge in [-0.1, -0.05) is 17.4 Å². The first-order valence-corrected chi connectivity index (χ1v) is 6.32. The molecule has 2 rings (SSSR count). The molecule has 0 aliphatic carbocycles. The monoisotopic (exact) mass is 276 g/mol. The number of nitrogens with one attached hydrogen (secondary N) is 1. The first-order chi connectivity index (χ1) is 8.97. The number of nitrogens with zero attached hydrogens (tertiary/aromatic N) is 2. The van der Waals surface area contributed by atoms with Gasteiger partial charge in [0, 0.05) is 23.1 Å². The smallest absolute Gasteiger partial charge is 0.133 e. The summed E-state index contributed by atoms with van der Waals surface area (Å²) in [5.41, 5.74) is 9.98. The summed E-state index contributed by atoms with van der Waals surface area (Å²) >= 11 is 5.08. The van der Waals surface area contributed by atoms with E-state index in [-0.39, 0.29) is 0 Å². The highest BCUT2D eigenvalue weighted by molar-refractivity contribution is 7.80. The maximum Gasteiger partial charge on any atom is 0.133 e. The van der Waals surface area contributed by atoms with Crippen LogP contribution in [0.2, 0.25) is 0 Å². The molecule has 0 bridgehead atoms. The predicted molar refractivity (Wildman–Crippen MR) is 78.2 cm³/mol. The van der Waals surface area contributed by atoms with E-state index in [4.69, 9.17) is 22.5 Å². The van der Waals surface area contributed by atoms with Crippen molar-refractivity contribution >= 4 is 22.9 Å². The lowest BCUT2D eigenvalue weighted by atomic mass is 10.1. The quantitative estimate of drug-likeness (QED) is 0.834. The first-order valence-electron chi connectivity index (χ1n) is 5.91. The maximum absolute atomic E-state index is 5.76. The van der Waals surface area contributed by atoms with Crippen LogP contribution in [0.15, 0.2) is 16.7 Å². The Bertz CT molecular complexity index is 621. The summed E-state index contributed by atoms with van der Waals surface area (Å²) < 4.78 is 5.03. The molecule has 19 heavy (non-hydrogen) atoms. The van der Waals surface area contributed by atoms with Crippen molar-refractivity contribution in [3.63, 3.8) is 0 Å². The van der Waals surface area contributed by atoms with Gasteiger partial charge in [-0.25, -0.2) is 0 Å². The normalized spacial score (nSPS) is 10.5. The lowest BCUT2D eigenvalue weighted by molar-refractivity contribution is 0.391. The minimum absolute atomic E-state index is 0.337. The lowest BCUT2D eigenvalue weighted by Crippen LogP contribution is -2.16. The highest BCUT2D eigenvalue weighted by Crippen LogP contribution is 2.20. The average Bonchev–Trinajstić information content (AvgIpc) is 2.71. The third-order valence-electron chi connectivity index (χ3n) is 2.71. The van der Waals surface area contributed by atoms with E-state index in [1.807, 2.05) is 32.9 Å². The van der Waals surface area contributed by atoms with Crippen LogP contribution >= 0.6 is 12.2 Å². The zero-order valence-electron chi connectivity index (χ0n) is 11.2. The summed E-state index contributed by atoms with van der Waals surface area (Å²) in [5, 5.41) is 7.21. The van der Waals surface area contributed by atoms with Gasteiger partial charge in [0.15, 0.2) is 0 Å². The van der Waals surface area contributed by atoms with Crippen LogP contribution in [0.3, 0.4) is 0 Å². The fraction of sp³-hybridized carbons (Fsp3) is 0.308. The van der Waals surface area contributed by atoms with Gasteiger partial charge < -0.3 is 15.6 Å². The number of hydrogen-bond acceptors (Lipinski definition) is 5. The number of aryl methyl sites for hydroxylation is 3. The van der Waals surface area contributed by atoms with Gasteiger partial charge in [0.25, 0.3) is 0 Å². The van der Waals surface area contributed by atoms with Crippen LogP contribution < -0.4 is 11.1 Å². The van der Waals surface area contributed by atoms with Crippen molar-refractivity contribution in [1.29, 1.82) is 0 Å². The molecule has 0 unspecified atom stereocenters. The van der Waals surface area contributed by atoms with Crippen molar-refractivity contribution in [1.82, 2.24) is 10.1 Å². The number of thiocarbonyl (C=S) groups is 1. The minimum atomic E-state index is 0.337. The molecule has 0 saturated carbocycles. The third-order valence-corrected chi connectivity index (χ3v) is 2.92. The molecule has 2 heterocycles. The van der Waals surface area contributed by atoms with Crippen molar-refractivity contribution in [2.45, 2.75) is 27.3 Å². The van der Waals surface area contributed by atoms with Crippen molar-refractivity contribution < 1.29 is 4.52 Å². The second-order valence-electron chi connectivity index (χ2n) is 4.42. The second kappa shape index (κ2) is 5.36. The summed E-state index contributed by atoms with van der Waals surface area (Å²) in [4.78, 5) is 4.71. The summed E-state index contributed by atoms with van der Waals surface area (Å²) in [6.45, 7) is 6.24. The molecule has 0 spiro atoms. The highest BCUT2D eigenvalue weighted by atomic mass is 32.1. The molecule has 0 fully saturated rings. The zero-order valence-corrected chi connectivity index (χ0v) is 12.0. The minimum Gasteiger partial charge on any atom is -0.389 e. The van der Waals surface area contributed by atoms with E-state index in [1.165, 1.54) is 0 Å². The summed E-state index contributed by atoms with van der Waals surface area (Å²) in [6.07, 6.45) is 0. The van der Waals surface area contributed by atoms with Crippen molar-refractivity contribution in [2.75, 3.05) is 5.32 Å². The van der Waals surface area contributed by atoms with Crippen LogP contribution in [-0.2, 0) is 6.54 Å². The van der Waals surface area contributed by atoms with Gasteiger partial charge in [0.05, 0.1) is 12.1 Å². The first kappa shape index (κ1) is 13.5. The average molecular weight is 276 g/mol. The van der Waals surface area contributed by atoms with E-state index in [0.717, 1.165) is 34.1 Å². The predicted octanol–water partition coefficient (Wildman–Crippen LogP) is 2.24. The van der Waals surface area contributed by atoms with Gasteiger partial charge >= 0.3 is 0 Å². The Labute approximate surface area is 117 Å². The van der Waals surface area contributed by atoms with E-state index in [2.05, 4.69) is 15.5 Å². The molecule has 2 aromatic heterocycles. The Morgan fingerprint density at radius 3 is 2.68 bits per heavy atom. The fourth-order valence-corrected chi connectivity index (χ4v) is 2.22. The van der Waals surface area contributed by atoms with E-state index in [0.29, 0.717) is 11.5 Å². The number of aromatic nitrogens is 2. The molecule has 2 aromatic rings. The Balaban J connectivity index is 2.26. The van der Waals surface area contributed by atoms with Gasteiger partial charge in [0.1, 0.15) is 16.4 Å². The standard InChI is InChI=1S/C13H16N4OS/c1-7-4-11(12(13(14)19)9(3)16-7)15-6-10-5-8(2)18-17-10/h4-5H,6H2,1-3H3,(H2,14,19)(H,15,16). The van der Waals surface area contributed by atoms with Gasteiger partial charge in [-0.05, 0) is 26.8 Å². The number of nitrogens with two attached hydrogens (primary N) is 1. The molecule has 6 heteroatoms. The molecule has 0 atom stereocenters. The number of pyridine rings is 1. The molecule has 0 radical (unpaired) electrons. The summed E-state index contributed by atoms with van der Waals surface area (Å²) in [5.74, 6) is 0.786. The van der Waals surface area contributed by atoms with Gasteiger partial charge in [-0.2, -0.15) is 0 Å². The number of hydrogen-bond donors (Lipinski definition) is 2. The highest BCUT2D eigenvalue weighted by Gasteiger charge is 2.11. The van der Waals surface area contributed by atoms with E-state index in [1.54, 1.807) is 0 Å². The molecule has 3 N–H and O–H groups in total. The van der Waals surface area contributed by atoms with Crippen LogP contribution in [0.5, 0.6) is 0 Å². The molecular formula is C13H16N4OS. The Morgan fingerprint density at radius 2 is 2.11 bits per heavy atom. The Morgan fingerprint density at radius 1 is 1.37 bits per heavy atom. The summed E-state index contributed by atoms with van der Waals surface area (Å²) in [7, 11) is 0. The maximum atomic E-state index is 5.76. The molecule has 5 nitrogen and oxygen atoms in total. The number of rotatable bonds is 4. The SMILES string of the molecule is Cc1cc(NCc2cc(C)on2)c(C(N)=S)c(C)n1. The Kier molecular flexibility index (Phi) is 3.80. The van der Waals surface area contributed by atoms with Crippen molar-refractivity contribution in [3.05, 3.63) is 40.5 Å². The largest absolute Gasteiger partial charge is 0.389 e. The number of anilines is 1. The van der Waals surface area contributed by atoms with Gasteiger partial charge in [-0.15, -0.1) is 0 Å². The molecule has 0 saturated heterocycles. The molecule has 0 aliphatic rings. The second-order valence-corrected chi connectivity index (χ2v) is 4.86. The molecular weight excluding hydrogens is 260 g/mol. The molecule has 0 aromatic carbocycles. The lowest BCUT2D eigenvalue weighted by Gasteiger charge is -2.13. The van der Waals surface area contributed by atoms with E-state index in [9.17, 15) is 0 Å². The van der Waals surface area contributed by atoms with Crippen LogP contribution in [0.25, 0.3) is 0 Å². The fourth-order valence-electron chi connectivity index (χ4n) is 1.97. The van der Waals surface area contributed by atoms with Crippen LogP contribution in [0, 0.1) is 20.8 Å². The summed E-state index contributed by atoms with van der Waals surface area (Å²) in [6, 6.07) is 3.81. The van der Waals surface area contributed by atoms with Gasteiger partial charge in [-0.3, -0.25) is 4.98 Å². The van der Waals surface area contributed by atoms with Crippen molar-refractivity contribution in [3.8, 4) is 0 Å². The van der Waals surface area contributed by atoms with E-state index >= 15 is 0 Å². The van der Waals surface area contributed by atoms with Gasteiger partial charge in [0.2, 0.25) is 0 Å². The van der Waals surface area contributed by atoms with Crippen LogP contribution in [0.1, 0.15) is 28.4 Å². The third kappa shape index (κ3) is 3.08. The van der Waals surface area contributed by atoms with Crippen LogP contribution in [-0.4, -0.2) is 15.1 Å².